The first-order valence-electron chi connectivity index (χ1n) is 7.40. The van der Waals surface area contributed by atoms with E-state index >= 15 is 0 Å². The molecule has 0 spiro atoms. The van der Waals surface area contributed by atoms with Crippen LogP contribution >= 0.6 is 0 Å². The number of esters is 1. The van der Waals surface area contributed by atoms with Crippen molar-refractivity contribution < 1.29 is 24.5 Å². The van der Waals surface area contributed by atoms with E-state index in [1.165, 1.54) is 0 Å². The van der Waals surface area contributed by atoms with Crippen molar-refractivity contribution in [3.63, 3.8) is 0 Å². The molecular formula is C15H30O5. The molecule has 0 rings (SSSR count). The van der Waals surface area contributed by atoms with Crippen LogP contribution in [-0.4, -0.2) is 47.2 Å². The highest BCUT2D eigenvalue weighted by molar-refractivity contribution is 5.70. The van der Waals surface area contributed by atoms with Crippen LogP contribution in [0, 0.1) is 0 Å². The molecule has 5 nitrogen and oxygen atoms in total. The van der Waals surface area contributed by atoms with E-state index in [1.54, 1.807) is 20.8 Å². The fourth-order valence-corrected chi connectivity index (χ4v) is 1.66. The number of carbonyl (C=O) groups excluding carboxylic acids is 1. The highest BCUT2D eigenvalue weighted by Gasteiger charge is 2.20. The SMILES string of the molecule is CCCCOCC[C@@H](O)C[C@@H](O)CC(=O)OC(C)(C)C. The van der Waals surface area contributed by atoms with Crippen LogP contribution < -0.4 is 0 Å². The van der Waals surface area contributed by atoms with Gasteiger partial charge in [0.1, 0.15) is 5.60 Å². The molecule has 0 aliphatic carbocycles. The van der Waals surface area contributed by atoms with E-state index in [9.17, 15) is 15.0 Å². The van der Waals surface area contributed by atoms with Crippen molar-refractivity contribution in [1.82, 2.24) is 0 Å². The monoisotopic (exact) mass is 290 g/mol. The van der Waals surface area contributed by atoms with Crippen molar-refractivity contribution >= 4 is 5.97 Å². The number of unbranched alkanes of at least 4 members (excludes halogenated alkanes) is 1. The Morgan fingerprint density at radius 3 is 2.35 bits per heavy atom. The van der Waals surface area contributed by atoms with Crippen LogP contribution in [0.2, 0.25) is 0 Å². The van der Waals surface area contributed by atoms with Gasteiger partial charge in [-0.25, -0.2) is 0 Å². The van der Waals surface area contributed by atoms with E-state index in [2.05, 4.69) is 6.92 Å². The van der Waals surface area contributed by atoms with Crippen LogP contribution in [0.15, 0.2) is 0 Å². The van der Waals surface area contributed by atoms with Gasteiger partial charge in [-0.2, -0.15) is 0 Å². The summed E-state index contributed by atoms with van der Waals surface area (Å²) in [5.74, 6) is -0.448. The molecule has 0 aliphatic heterocycles. The summed E-state index contributed by atoms with van der Waals surface area (Å²) < 4.78 is 10.5. The first-order valence-corrected chi connectivity index (χ1v) is 7.40. The average Bonchev–Trinajstić information content (AvgIpc) is 2.25. The zero-order valence-corrected chi connectivity index (χ0v) is 13.2. The van der Waals surface area contributed by atoms with Crippen molar-refractivity contribution in [2.24, 2.45) is 0 Å². The van der Waals surface area contributed by atoms with Gasteiger partial charge in [0.05, 0.1) is 18.6 Å². The Hall–Kier alpha value is -0.650. The summed E-state index contributed by atoms with van der Waals surface area (Å²) >= 11 is 0. The van der Waals surface area contributed by atoms with Crippen molar-refractivity contribution in [1.29, 1.82) is 0 Å². The minimum Gasteiger partial charge on any atom is -0.460 e. The summed E-state index contributed by atoms with van der Waals surface area (Å²) in [6.45, 7) is 8.59. The molecule has 0 unspecified atom stereocenters. The van der Waals surface area contributed by atoms with Crippen LogP contribution in [0.1, 0.15) is 59.8 Å². The molecule has 20 heavy (non-hydrogen) atoms. The van der Waals surface area contributed by atoms with Gasteiger partial charge in [0.15, 0.2) is 0 Å². The maximum atomic E-state index is 11.5. The van der Waals surface area contributed by atoms with Crippen LogP contribution in [-0.2, 0) is 14.3 Å². The molecule has 120 valence electrons. The molecular weight excluding hydrogens is 260 g/mol. The van der Waals surface area contributed by atoms with Gasteiger partial charge in [0, 0.05) is 13.2 Å². The topological polar surface area (TPSA) is 76.0 Å². The quantitative estimate of drug-likeness (QED) is 0.475. The molecule has 0 saturated carbocycles. The second-order valence-electron chi connectivity index (χ2n) is 6.09. The van der Waals surface area contributed by atoms with Gasteiger partial charge in [0.25, 0.3) is 0 Å². The largest absolute Gasteiger partial charge is 0.460 e. The summed E-state index contributed by atoms with van der Waals surface area (Å²) in [6.07, 6.45) is 1.09. The predicted octanol–water partition coefficient (Wildman–Crippen LogP) is 2.04. The molecule has 2 N–H and O–H groups in total. The number of ether oxygens (including phenoxy) is 2. The van der Waals surface area contributed by atoms with E-state index in [-0.39, 0.29) is 12.8 Å². The summed E-state index contributed by atoms with van der Waals surface area (Å²) in [4.78, 5) is 11.5. The smallest absolute Gasteiger partial charge is 0.308 e. The molecule has 0 aromatic heterocycles. The Balaban J connectivity index is 3.73. The van der Waals surface area contributed by atoms with E-state index in [0.29, 0.717) is 19.6 Å². The lowest BCUT2D eigenvalue weighted by atomic mass is 10.1. The molecule has 0 saturated heterocycles. The van der Waals surface area contributed by atoms with E-state index in [1.807, 2.05) is 0 Å². The van der Waals surface area contributed by atoms with Crippen molar-refractivity contribution in [3.05, 3.63) is 0 Å². The molecule has 0 fully saturated rings. The normalized spacial score (nSPS) is 14.9. The third-order valence-electron chi connectivity index (χ3n) is 2.60. The third kappa shape index (κ3) is 12.4. The van der Waals surface area contributed by atoms with Gasteiger partial charge in [-0.05, 0) is 40.0 Å². The Labute approximate surface area is 122 Å². The lowest BCUT2D eigenvalue weighted by molar-refractivity contribution is -0.157. The number of rotatable bonds is 10. The Morgan fingerprint density at radius 2 is 1.80 bits per heavy atom. The molecule has 0 aliphatic rings. The minimum absolute atomic E-state index is 0.0922. The summed E-state index contributed by atoms with van der Waals surface area (Å²) in [7, 11) is 0. The van der Waals surface area contributed by atoms with Crippen molar-refractivity contribution in [2.75, 3.05) is 13.2 Å². The van der Waals surface area contributed by atoms with Crippen molar-refractivity contribution in [3.8, 4) is 0 Å². The average molecular weight is 290 g/mol. The van der Waals surface area contributed by atoms with Gasteiger partial charge in [-0.3, -0.25) is 4.79 Å². The van der Waals surface area contributed by atoms with E-state index in [0.717, 1.165) is 12.8 Å². The second-order valence-corrected chi connectivity index (χ2v) is 6.09. The standard InChI is InChI=1S/C15H30O5/c1-5-6-8-19-9-7-12(16)10-13(17)11-14(18)20-15(2,3)4/h12-13,16-17H,5-11H2,1-4H3/t12-,13-/m1/s1. The molecule has 0 bridgehead atoms. The third-order valence-corrected chi connectivity index (χ3v) is 2.60. The minimum atomic E-state index is -0.879. The molecule has 0 radical (unpaired) electrons. The van der Waals surface area contributed by atoms with E-state index in [4.69, 9.17) is 9.47 Å². The molecule has 5 heteroatoms. The molecule has 0 aromatic rings. The predicted molar refractivity (Wildman–Crippen MR) is 77.4 cm³/mol. The van der Waals surface area contributed by atoms with Crippen LogP contribution in [0.4, 0.5) is 0 Å². The van der Waals surface area contributed by atoms with Gasteiger partial charge < -0.3 is 19.7 Å². The summed E-state index contributed by atoms with van der Waals surface area (Å²) in [5.41, 5.74) is -0.553. The number of hydrogen-bond acceptors (Lipinski definition) is 5. The summed E-state index contributed by atoms with van der Waals surface area (Å²) in [5, 5.41) is 19.5. The van der Waals surface area contributed by atoms with Gasteiger partial charge >= 0.3 is 5.97 Å². The number of aliphatic hydroxyl groups is 2. The van der Waals surface area contributed by atoms with Crippen LogP contribution in [0.5, 0.6) is 0 Å². The van der Waals surface area contributed by atoms with E-state index < -0.39 is 23.8 Å². The maximum absolute atomic E-state index is 11.5. The molecule has 0 amide bonds. The first kappa shape index (κ1) is 19.4. The Bertz CT molecular complexity index is 259. The number of aliphatic hydroxyl groups excluding tert-OH is 2. The zero-order chi connectivity index (χ0) is 15.6. The molecule has 0 heterocycles. The number of hydrogen-bond donors (Lipinski definition) is 2. The first-order chi connectivity index (χ1) is 9.24. The maximum Gasteiger partial charge on any atom is 0.308 e. The lowest BCUT2D eigenvalue weighted by Gasteiger charge is -2.21. The molecule has 0 aromatic carbocycles. The zero-order valence-electron chi connectivity index (χ0n) is 13.2. The highest BCUT2D eigenvalue weighted by atomic mass is 16.6. The number of carbonyl (C=O) groups is 1. The van der Waals surface area contributed by atoms with Gasteiger partial charge in [0.2, 0.25) is 0 Å². The van der Waals surface area contributed by atoms with Crippen LogP contribution in [0.25, 0.3) is 0 Å². The fraction of sp³-hybridized carbons (Fsp3) is 0.933. The lowest BCUT2D eigenvalue weighted by Crippen LogP contribution is -2.28. The molecule has 2 atom stereocenters. The van der Waals surface area contributed by atoms with Crippen LogP contribution in [0.3, 0.4) is 0 Å². The highest BCUT2D eigenvalue weighted by Crippen LogP contribution is 2.12. The Morgan fingerprint density at radius 1 is 1.15 bits per heavy atom. The van der Waals surface area contributed by atoms with Gasteiger partial charge in [-0.15, -0.1) is 0 Å². The summed E-state index contributed by atoms with van der Waals surface area (Å²) in [6, 6.07) is 0. The van der Waals surface area contributed by atoms with Crippen molar-refractivity contribution in [2.45, 2.75) is 77.6 Å². The fourth-order valence-electron chi connectivity index (χ4n) is 1.66. The second kappa shape index (κ2) is 10.1. The van der Waals surface area contributed by atoms with Gasteiger partial charge in [-0.1, -0.05) is 13.3 Å². The Kier molecular flexibility index (Phi) is 9.80.